The number of aromatic amines is 1. The molecule has 1 aliphatic heterocycles. The number of aliphatic carboxylic acids is 1. The first kappa shape index (κ1) is 15.5. The number of rotatable bonds is 8. The third-order valence-corrected chi connectivity index (χ3v) is 3.66. The Morgan fingerprint density at radius 3 is 2.95 bits per heavy atom. The SMILES string of the molecule is O=C(O)CCCCCCNC(=O)C1Cc2nc[nH]c2CN1. The maximum atomic E-state index is 12.0. The van der Waals surface area contributed by atoms with Crippen LogP contribution in [0.25, 0.3) is 0 Å². The Morgan fingerprint density at radius 1 is 1.33 bits per heavy atom. The number of unbranched alkanes of at least 4 members (excludes halogenated alkanes) is 3. The molecule has 1 aromatic heterocycles. The van der Waals surface area contributed by atoms with Crippen LogP contribution in [0.2, 0.25) is 0 Å². The van der Waals surface area contributed by atoms with Crippen LogP contribution in [0, 0.1) is 0 Å². The lowest BCUT2D eigenvalue weighted by Gasteiger charge is -2.22. The highest BCUT2D eigenvalue weighted by atomic mass is 16.4. The molecule has 0 aliphatic carbocycles. The van der Waals surface area contributed by atoms with Crippen LogP contribution in [0.1, 0.15) is 43.5 Å². The van der Waals surface area contributed by atoms with Crippen LogP contribution in [-0.2, 0) is 22.6 Å². The molecule has 0 aromatic carbocycles. The van der Waals surface area contributed by atoms with Crippen LogP contribution < -0.4 is 10.6 Å². The van der Waals surface area contributed by atoms with Crippen LogP contribution in [0.3, 0.4) is 0 Å². The van der Waals surface area contributed by atoms with Crippen molar-refractivity contribution >= 4 is 11.9 Å². The van der Waals surface area contributed by atoms with Gasteiger partial charge in [0.05, 0.1) is 23.8 Å². The summed E-state index contributed by atoms with van der Waals surface area (Å²) in [6.45, 7) is 1.28. The van der Waals surface area contributed by atoms with Crippen LogP contribution >= 0.6 is 0 Å². The Kier molecular flexibility index (Phi) is 5.74. The number of H-pyrrole nitrogens is 1. The average molecular weight is 294 g/mol. The Hall–Kier alpha value is -1.89. The molecule has 116 valence electrons. The van der Waals surface area contributed by atoms with Crippen LogP contribution in [0.15, 0.2) is 6.33 Å². The van der Waals surface area contributed by atoms with Crippen molar-refractivity contribution in [3.05, 3.63) is 17.7 Å². The summed E-state index contributed by atoms with van der Waals surface area (Å²) in [6, 6.07) is -0.215. The van der Waals surface area contributed by atoms with E-state index in [-0.39, 0.29) is 18.4 Å². The number of hydrogen-bond acceptors (Lipinski definition) is 4. The van der Waals surface area contributed by atoms with Crippen molar-refractivity contribution in [2.24, 2.45) is 0 Å². The third kappa shape index (κ3) is 4.86. The van der Waals surface area contributed by atoms with Crippen molar-refractivity contribution in [3.8, 4) is 0 Å². The molecule has 7 heteroatoms. The molecule has 0 spiro atoms. The molecule has 1 unspecified atom stereocenters. The first-order valence-corrected chi connectivity index (χ1v) is 7.41. The van der Waals surface area contributed by atoms with E-state index >= 15 is 0 Å². The van der Waals surface area contributed by atoms with Gasteiger partial charge in [-0.1, -0.05) is 12.8 Å². The van der Waals surface area contributed by atoms with E-state index in [2.05, 4.69) is 20.6 Å². The molecular formula is C14H22N4O3. The molecule has 21 heavy (non-hydrogen) atoms. The molecule has 1 amide bonds. The summed E-state index contributed by atoms with van der Waals surface area (Å²) in [5.74, 6) is -0.737. The van der Waals surface area contributed by atoms with Gasteiger partial charge < -0.3 is 15.4 Å². The van der Waals surface area contributed by atoms with E-state index in [9.17, 15) is 9.59 Å². The highest BCUT2D eigenvalue weighted by Crippen LogP contribution is 2.12. The zero-order valence-electron chi connectivity index (χ0n) is 12.0. The van der Waals surface area contributed by atoms with E-state index in [0.29, 0.717) is 25.9 Å². The highest BCUT2D eigenvalue weighted by Gasteiger charge is 2.25. The normalized spacial score (nSPS) is 17.2. The number of hydrogen-bond donors (Lipinski definition) is 4. The first-order chi connectivity index (χ1) is 10.2. The summed E-state index contributed by atoms with van der Waals surface area (Å²) in [4.78, 5) is 29.6. The van der Waals surface area contributed by atoms with Crippen LogP contribution in [0.5, 0.6) is 0 Å². The zero-order chi connectivity index (χ0) is 15.1. The molecule has 2 rings (SSSR count). The van der Waals surface area contributed by atoms with E-state index in [1.54, 1.807) is 6.33 Å². The summed E-state index contributed by atoms with van der Waals surface area (Å²) in [6.07, 6.45) is 5.91. The van der Waals surface area contributed by atoms with Crippen LogP contribution in [0.4, 0.5) is 0 Å². The van der Waals surface area contributed by atoms with Crippen LogP contribution in [-0.4, -0.2) is 39.5 Å². The molecule has 2 heterocycles. The number of amides is 1. The van der Waals surface area contributed by atoms with E-state index in [1.807, 2.05) is 0 Å². The van der Waals surface area contributed by atoms with Crippen molar-refractivity contribution in [3.63, 3.8) is 0 Å². The Morgan fingerprint density at radius 2 is 2.14 bits per heavy atom. The summed E-state index contributed by atoms with van der Waals surface area (Å²) < 4.78 is 0. The van der Waals surface area contributed by atoms with Crippen molar-refractivity contribution in [1.82, 2.24) is 20.6 Å². The predicted molar refractivity (Wildman–Crippen MR) is 76.6 cm³/mol. The van der Waals surface area contributed by atoms with Gasteiger partial charge in [0.1, 0.15) is 0 Å². The molecule has 1 aromatic rings. The van der Waals surface area contributed by atoms with Gasteiger partial charge >= 0.3 is 5.97 Å². The number of aromatic nitrogens is 2. The van der Waals surface area contributed by atoms with Crippen molar-refractivity contribution in [1.29, 1.82) is 0 Å². The second-order valence-electron chi connectivity index (χ2n) is 5.31. The van der Waals surface area contributed by atoms with Gasteiger partial charge in [-0.2, -0.15) is 0 Å². The minimum absolute atomic E-state index is 0.00851. The number of carboxylic acids is 1. The fraction of sp³-hybridized carbons (Fsp3) is 0.643. The molecule has 1 atom stereocenters. The number of nitrogens with one attached hydrogen (secondary N) is 3. The molecular weight excluding hydrogens is 272 g/mol. The number of imidazole rings is 1. The molecule has 4 N–H and O–H groups in total. The number of carboxylic acid groups (broad SMARTS) is 1. The minimum atomic E-state index is -0.746. The molecule has 0 fully saturated rings. The second kappa shape index (κ2) is 7.78. The Balaban J connectivity index is 1.57. The molecule has 0 saturated heterocycles. The molecule has 0 bridgehead atoms. The summed E-state index contributed by atoms with van der Waals surface area (Å²) in [5, 5.41) is 14.6. The topological polar surface area (TPSA) is 107 Å². The van der Waals surface area contributed by atoms with Gasteiger partial charge in [0.15, 0.2) is 0 Å². The zero-order valence-corrected chi connectivity index (χ0v) is 12.0. The number of nitrogens with zero attached hydrogens (tertiary/aromatic N) is 1. The Labute approximate surface area is 123 Å². The number of carbonyl (C=O) groups is 2. The van der Waals surface area contributed by atoms with Gasteiger partial charge in [-0.3, -0.25) is 14.9 Å². The van der Waals surface area contributed by atoms with Gasteiger partial charge in [-0.15, -0.1) is 0 Å². The lowest BCUT2D eigenvalue weighted by atomic mass is 10.0. The average Bonchev–Trinajstić information content (AvgIpc) is 2.93. The molecule has 0 saturated carbocycles. The second-order valence-corrected chi connectivity index (χ2v) is 5.31. The minimum Gasteiger partial charge on any atom is -0.481 e. The van der Waals surface area contributed by atoms with Gasteiger partial charge in [0.2, 0.25) is 5.91 Å². The van der Waals surface area contributed by atoms with E-state index < -0.39 is 5.97 Å². The maximum absolute atomic E-state index is 12.0. The fourth-order valence-corrected chi connectivity index (χ4v) is 2.44. The quantitative estimate of drug-likeness (QED) is 0.525. The number of carbonyl (C=O) groups excluding carboxylic acids is 1. The molecule has 7 nitrogen and oxygen atoms in total. The van der Waals surface area contributed by atoms with E-state index in [0.717, 1.165) is 30.7 Å². The largest absolute Gasteiger partial charge is 0.481 e. The smallest absolute Gasteiger partial charge is 0.303 e. The predicted octanol–water partition coefficient (Wildman–Crippen LogP) is 0.575. The van der Waals surface area contributed by atoms with Crippen molar-refractivity contribution < 1.29 is 14.7 Å². The molecule has 0 radical (unpaired) electrons. The lowest BCUT2D eigenvalue weighted by Crippen LogP contribution is -2.47. The van der Waals surface area contributed by atoms with E-state index in [1.165, 1.54) is 0 Å². The summed E-state index contributed by atoms with van der Waals surface area (Å²) in [5.41, 5.74) is 2.01. The standard InChI is InChI=1S/C14H22N4O3/c19-13(20)5-3-1-2-4-6-15-14(21)11-7-10-12(8-16-11)18-9-17-10/h9,11,16H,1-8H2,(H,15,21)(H,17,18)(H,19,20). The lowest BCUT2D eigenvalue weighted by molar-refractivity contribution is -0.137. The first-order valence-electron chi connectivity index (χ1n) is 7.41. The monoisotopic (exact) mass is 294 g/mol. The number of fused-ring (bicyclic) bond motifs is 1. The Bertz CT molecular complexity index is 486. The van der Waals surface area contributed by atoms with Crippen molar-refractivity contribution in [2.45, 2.75) is 51.1 Å². The maximum Gasteiger partial charge on any atom is 0.303 e. The van der Waals surface area contributed by atoms with Gasteiger partial charge in [0.25, 0.3) is 0 Å². The summed E-state index contributed by atoms with van der Waals surface area (Å²) in [7, 11) is 0. The fourth-order valence-electron chi connectivity index (χ4n) is 2.44. The van der Waals surface area contributed by atoms with E-state index in [4.69, 9.17) is 5.11 Å². The van der Waals surface area contributed by atoms with Gasteiger partial charge in [-0.05, 0) is 12.8 Å². The van der Waals surface area contributed by atoms with Gasteiger partial charge in [-0.25, -0.2) is 4.98 Å². The van der Waals surface area contributed by atoms with Gasteiger partial charge in [0, 0.05) is 25.9 Å². The molecule has 1 aliphatic rings. The highest BCUT2D eigenvalue weighted by molar-refractivity contribution is 5.82. The third-order valence-electron chi connectivity index (χ3n) is 3.66. The van der Waals surface area contributed by atoms with Crippen molar-refractivity contribution in [2.75, 3.05) is 6.54 Å². The summed E-state index contributed by atoms with van der Waals surface area (Å²) >= 11 is 0.